The van der Waals surface area contributed by atoms with Crippen LogP contribution in [0.3, 0.4) is 0 Å². The van der Waals surface area contributed by atoms with Gasteiger partial charge in [-0.2, -0.15) is 11.8 Å². The summed E-state index contributed by atoms with van der Waals surface area (Å²) in [5.41, 5.74) is 3.24. The number of hydrogen-bond acceptors (Lipinski definition) is 3. The van der Waals surface area contributed by atoms with E-state index < -0.39 is 6.10 Å². The second kappa shape index (κ2) is 10.1. The monoisotopic (exact) mass is 411 g/mol. The second-order valence-corrected chi connectivity index (χ2v) is 8.04. The first-order chi connectivity index (χ1) is 12.4. The van der Waals surface area contributed by atoms with E-state index >= 15 is 0 Å². The number of rotatable bonds is 8. The minimum atomic E-state index is -0.532. The Morgan fingerprint density at radius 1 is 1.15 bits per heavy atom. The van der Waals surface area contributed by atoms with Crippen molar-refractivity contribution in [1.29, 1.82) is 0 Å². The third-order valence-electron chi connectivity index (χ3n) is 3.81. The van der Waals surface area contributed by atoms with E-state index in [1.165, 1.54) is 0 Å². The first-order valence-corrected chi connectivity index (χ1v) is 10.3. The van der Waals surface area contributed by atoms with Gasteiger partial charge in [-0.25, -0.2) is 0 Å². The van der Waals surface area contributed by atoms with Crippen LogP contribution in [0.1, 0.15) is 23.6 Å². The molecular formula is C20H23Cl2NO2S. The molecule has 3 nitrogen and oxygen atoms in total. The lowest BCUT2D eigenvalue weighted by molar-refractivity contribution is -0.127. The molecule has 2 aromatic rings. The summed E-state index contributed by atoms with van der Waals surface area (Å²) in [5, 5.41) is 4.04. The van der Waals surface area contributed by atoms with Crippen LogP contribution >= 0.6 is 35.0 Å². The zero-order valence-electron chi connectivity index (χ0n) is 15.1. The van der Waals surface area contributed by atoms with Gasteiger partial charge in [0.15, 0.2) is 6.10 Å². The van der Waals surface area contributed by atoms with Crippen molar-refractivity contribution >= 4 is 40.9 Å². The smallest absolute Gasteiger partial charge is 0.260 e. The first kappa shape index (κ1) is 20.9. The first-order valence-electron chi connectivity index (χ1n) is 8.40. The van der Waals surface area contributed by atoms with Gasteiger partial charge >= 0.3 is 0 Å². The second-order valence-electron chi connectivity index (χ2n) is 6.12. The Morgan fingerprint density at radius 3 is 2.65 bits per heavy atom. The molecule has 0 aliphatic carbocycles. The summed E-state index contributed by atoms with van der Waals surface area (Å²) in [4.78, 5) is 12.2. The maximum absolute atomic E-state index is 12.2. The minimum Gasteiger partial charge on any atom is -0.481 e. The number of ether oxygens (including phenoxy) is 1. The van der Waals surface area contributed by atoms with Crippen molar-refractivity contribution in [2.45, 2.75) is 32.6 Å². The Kier molecular flexibility index (Phi) is 8.14. The Labute approximate surface area is 169 Å². The molecular weight excluding hydrogens is 389 g/mol. The zero-order chi connectivity index (χ0) is 19.1. The fraction of sp³-hybridized carbons (Fsp3) is 0.350. The zero-order valence-corrected chi connectivity index (χ0v) is 17.5. The summed E-state index contributed by atoms with van der Waals surface area (Å²) >= 11 is 13.6. The summed E-state index contributed by atoms with van der Waals surface area (Å²) in [6, 6.07) is 11.6. The topological polar surface area (TPSA) is 38.3 Å². The van der Waals surface area contributed by atoms with Crippen molar-refractivity contribution < 1.29 is 9.53 Å². The average Bonchev–Trinajstić information content (AvgIpc) is 2.60. The van der Waals surface area contributed by atoms with Crippen LogP contribution in [0.15, 0.2) is 36.4 Å². The van der Waals surface area contributed by atoms with Crippen molar-refractivity contribution in [2.75, 3.05) is 12.3 Å². The molecule has 2 rings (SSSR count). The molecule has 0 saturated carbocycles. The van der Waals surface area contributed by atoms with Gasteiger partial charge in [-0.15, -0.1) is 0 Å². The number of thioether (sulfide) groups is 1. The predicted molar refractivity (Wildman–Crippen MR) is 112 cm³/mol. The average molecular weight is 412 g/mol. The van der Waals surface area contributed by atoms with E-state index in [0.717, 1.165) is 33.9 Å². The van der Waals surface area contributed by atoms with Crippen molar-refractivity contribution in [3.8, 4) is 5.75 Å². The molecule has 140 valence electrons. The molecule has 0 radical (unpaired) electrons. The van der Waals surface area contributed by atoms with Gasteiger partial charge in [-0.3, -0.25) is 4.79 Å². The number of hydrogen-bond donors (Lipinski definition) is 1. The maximum Gasteiger partial charge on any atom is 0.260 e. The van der Waals surface area contributed by atoms with E-state index in [-0.39, 0.29) is 5.91 Å². The number of carbonyl (C=O) groups is 1. The molecule has 1 N–H and O–H groups in total. The third-order valence-corrected chi connectivity index (χ3v) is 5.58. The SMILES string of the molecule is Cc1ccc(C)c(OC(C)C(=O)NCCSCc2ccc(Cl)c(Cl)c2)c1. The highest BCUT2D eigenvalue weighted by molar-refractivity contribution is 7.98. The Hall–Kier alpha value is -1.36. The largest absolute Gasteiger partial charge is 0.481 e. The minimum absolute atomic E-state index is 0.110. The van der Waals surface area contributed by atoms with Crippen LogP contribution in [0.5, 0.6) is 5.75 Å². The van der Waals surface area contributed by atoms with Crippen molar-refractivity contribution in [1.82, 2.24) is 5.32 Å². The molecule has 1 unspecified atom stereocenters. The maximum atomic E-state index is 12.2. The van der Waals surface area contributed by atoms with Gasteiger partial charge in [0, 0.05) is 18.1 Å². The van der Waals surface area contributed by atoms with Gasteiger partial charge in [0.1, 0.15) is 5.75 Å². The normalized spacial score (nSPS) is 11.9. The van der Waals surface area contributed by atoms with Gasteiger partial charge < -0.3 is 10.1 Å². The quantitative estimate of drug-likeness (QED) is 0.588. The molecule has 26 heavy (non-hydrogen) atoms. The number of amides is 1. The molecule has 0 saturated heterocycles. The van der Waals surface area contributed by atoms with Crippen LogP contribution in [0.4, 0.5) is 0 Å². The number of carbonyl (C=O) groups excluding carboxylic acids is 1. The highest BCUT2D eigenvalue weighted by Gasteiger charge is 2.15. The molecule has 0 fully saturated rings. The molecule has 0 heterocycles. The lowest BCUT2D eigenvalue weighted by atomic mass is 10.1. The van der Waals surface area contributed by atoms with Crippen LogP contribution in [-0.2, 0) is 10.5 Å². The number of halogens is 2. The van der Waals surface area contributed by atoms with Crippen molar-refractivity contribution in [3.63, 3.8) is 0 Å². The highest BCUT2D eigenvalue weighted by Crippen LogP contribution is 2.24. The lowest BCUT2D eigenvalue weighted by Crippen LogP contribution is -2.37. The van der Waals surface area contributed by atoms with Crippen molar-refractivity contribution in [3.05, 3.63) is 63.1 Å². The molecule has 0 aliphatic heterocycles. The van der Waals surface area contributed by atoms with Crippen molar-refractivity contribution in [2.24, 2.45) is 0 Å². The molecule has 1 amide bonds. The van der Waals surface area contributed by atoms with Gasteiger partial charge in [0.25, 0.3) is 5.91 Å². The van der Waals surface area contributed by atoms with E-state index in [2.05, 4.69) is 5.32 Å². The molecule has 0 aliphatic rings. The summed E-state index contributed by atoms with van der Waals surface area (Å²) in [7, 11) is 0. The van der Waals surface area contributed by atoms with E-state index in [9.17, 15) is 4.79 Å². The number of benzene rings is 2. The summed E-state index contributed by atoms with van der Waals surface area (Å²) in [5.74, 6) is 2.27. The molecule has 6 heteroatoms. The van der Waals surface area contributed by atoms with Crippen LogP contribution in [-0.4, -0.2) is 24.3 Å². The number of nitrogens with one attached hydrogen (secondary N) is 1. The summed E-state index contributed by atoms with van der Waals surface area (Å²) < 4.78 is 5.79. The third kappa shape index (κ3) is 6.42. The fourth-order valence-electron chi connectivity index (χ4n) is 2.29. The Bertz CT molecular complexity index is 767. The fourth-order valence-corrected chi connectivity index (χ4v) is 3.41. The van der Waals surface area contributed by atoms with Gasteiger partial charge in [0.2, 0.25) is 0 Å². The molecule has 0 bridgehead atoms. The lowest BCUT2D eigenvalue weighted by Gasteiger charge is -2.16. The molecule has 0 spiro atoms. The van der Waals surface area contributed by atoms with E-state index in [4.69, 9.17) is 27.9 Å². The Morgan fingerprint density at radius 2 is 1.92 bits per heavy atom. The Balaban J connectivity index is 1.70. The van der Waals surface area contributed by atoms with Crippen LogP contribution in [0.25, 0.3) is 0 Å². The highest BCUT2D eigenvalue weighted by atomic mass is 35.5. The number of aryl methyl sites for hydroxylation is 2. The van der Waals surface area contributed by atoms with Crippen LogP contribution in [0, 0.1) is 13.8 Å². The molecule has 2 aromatic carbocycles. The standard InChI is InChI=1S/C20H23Cl2NO2S/c1-13-4-5-14(2)19(10-13)25-15(3)20(24)23-8-9-26-12-16-6-7-17(21)18(22)11-16/h4-7,10-11,15H,8-9,12H2,1-3H3,(H,23,24). The van der Waals surface area contributed by atoms with Gasteiger partial charge in [0.05, 0.1) is 10.0 Å². The predicted octanol–water partition coefficient (Wildman–Crippen LogP) is 5.43. The molecule has 0 aromatic heterocycles. The van der Waals surface area contributed by atoms with E-state index in [1.54, 1.807) is 24.8 Å². The van der Waals surface area contributed by atoms with E-state index in [0.29, 0.717) is 16.6 Å². The summed E-state index contributed by atoms with van der Waals surface area (Å²) in [6.45, 7) is 6.33. The van der Waals surface area contributed by atoms with Gasteiger partial charge in [-0.05, 0) is 55.7 Å². The van der Waals surface area contributed by atoms with E-state index in [1.807, 2.05) is 44.2 Å². The molecule has 1 atom stereocenters. The van der Waals surface area contributed by atoms with Crippen LogP contribution in [0.2, 0.25) is 10.0 Å². The van der Waals surface area contributed by atoms with Gasteiger partial charge in [-0.1, -0.05) is 41.4 Å². The summed E-state index contributed by atoms with van der Waals surface area (Å²) in [6.07, 6.45) is -0.532. The van der Waals surface area contributed by atoms with Crippen LogP contribution < -0.4 is 10.1 Å².